The first-order valence-electron chi connectivity index (χ1n) is 9.99. The molecule has 2 aromatic carbocycles. The van der Waals surface area contributed by atoms with Gasteiger partial charge in [-0.1, -0.05) is 48.0 Å². The molecule has 1 heterocycles. The van der Waals surface area contributed by atoms with Gasteiger partial charge in [0.15, 0.2) is 17.8 Å². The van der Waals surface area contributed by atoms with Gasteiger partial charge >= 0.3 is 0 Å². The van der Waals surface area contributed by atoms with E-state index in [9.17, 15) is 9.59 Å². The van der Waals surface area contributed by atoms with E-state index in [0.717, 1.165) is 16.9 Å². The van der Waals surface area contributed by atoms with E-state index in [-0.39, 0.29) is 24.4 Å². The summed E-state index contributed by atoms with van der Waals surface area (Å²) in [6.45, 7) is 3.82. The van der Waals surface area contributed by atoms with Crippen molar-refractivity contribution in [3.8, 4) is 0 Å². The Morgan fingerprint density at radius 1 is 1.03 bits per heavy atom. The predicted molar refractivity (Wildman–Crippen MR) is 116 cm³/mol. The number of rotatable bonds is 8. The summed E-state index contributed by atoms with van der Waals surface area (Å²) in [5.74, 6) is 0.426. The highest BCUT2D eigenvalue weighted by Gasteiger charge is 2.29. The zero-order chi connectivity index (χ0) is 21.5. The largest absolute Gasteiger partial charge is 0.463 e. The summed E-state index contributed by atoms with van der Waals surface area (Å²) in [7, 11) is 1.64. The lowest BCUT2D eigenvalue weighted by Crippen LogP contribution is -2.92. The summed E-state index contributed by atoms with van der Waals surface area (Å²) in [6, 6.07) is 20.7. The Morgan fingerprint density at radius 3 is 2.37 bits per heavy atom. The number of nitrogens with one attached hydrogen (secondary N) is 1. The Morgan fingerprint density at radius 2 is 1.73 bits per heavy atom. The number of anilines is 1. The van der Waals surface area contributed by atoms with Crippen LogP contribution in [0.15, 0.2) is 77.4 Å². The van der Waals surface area contributed by atoms with Gasteiger partial charge in [-0.25, -0.2) is 0 Å². The maximum absolute atomic E-state index is 12.9. The van der Waals surface area contributed by atoms with E-state index < -0.39 is 6.04 Å². The second kappa shape index (κ2) is 9.89. The van der Waals surface area contributed by atoms with Crippen LogP contribution in [0.5, 0.6) is 0 Å². The smallest absolute Gasteiger partial charge is 0.280 e. The molecule has 30 heavy (non-hydrogen) atoms. The van der Waals surface area contributed by atoms with Crippen LogP contribution in [0, 0.1) is 6.92 Å². The predicted octanol–water partition coefficient (Wildman–Crippen LogP) is 2.73. The van der Waals surface area contributed by atoms with Gasteiger partial charge in [0, 0.05) is 18.3 Å². The fourth-order valence-corrected chi connectivity index (χ4v) is 3.35. The molecule has 0 saturated heterocycles. The average Bonchev–Trinajstić information content (AvgIpc) is 3.28. The number of likely N-dealkylation sites (N-methyl/N-ethyl adjacent to an activating group) is 1. The molecule has 6 heteroatoms. The Kier molecular flexibility index (Phi) is 7.03. The molecule has 2 atom stereocenters. The highest BCUT2D eigenvalue weighted by molar-refractivity contribution is 5.94. The van der Waals surface area contributed by atoms with Crippen molar-refractivity contribution in [1.82, 2.24) is 4.90 Å². The number of nitrogens with two attached hydrogens (primary N) is 1. The van der Waals surface area contributed by atoms with Crippen molar-refractivity contribution < 1.29 is 19.3 Å². The molecule has 1 aromatic heterocycles. The van der Waals surface area contributed by atoms with Gasteiger partial charge in [0.05, 0.1) is 12.8 Å². The first-order chi connectivity index (χ1) is 14.4. The summed E-state index contributed by atoms with van der Waals surface area (Å²) in [5, 5.41) is 4.79. The van der Waals surface area contributed by atoms with Gasteiger partial charge in [0.1, 0.15) is 0 Å². The number of nitrogens with zero attached hydrogens (tertiary/aromatic N) is 1. The summed E-state index contributed by atoms with van der Waals surface area (Å²) >= 11 is 0. The number of carbonyl (C=O) groups excluding carboxylic acids is 2. The van der Waals surface area contributed by atoms with Crippen molar-refractivity contribution in [1.29, 1.82) is 0 Å². The van der Waals surface area contributed by atoms with Gasteiger partial charge in [0.25, 0.3) is 5.91 Å². The van der Waals surface area contributed by atoms with E-state index in [2.05, 4.69) is 5.32 Å². The maximum atomic E-state index is 12.9. The van der Waals surface area contributed by atoms with Crippen LogP contribution >= 0.6 is 0 Å². The molecule has 0 aliphatic carbocycles. The molecule has 0 unspecified atom stereocenters. The third-order valence-electron chi connectivity index (χ3n) is 4.97. The molecule has 0 radical (unpaired) electrons. The number of hydrogen-bond acceptors (Lipinski definition) is 3. The number of amides is 2. The number of hydrogen-bond donors (Lipinski definition) is 2. The minimum Gasteiger partial charge on any atom is -0.463 e. The highest BCUT2D eigenvalue weighted by atomic mass is 16.3. The summed E-state index contributed by atoms with van der Waals surface area (Å²) in [6.07, 6.45) is 1.63. The van der Waals surface area contributed by atoms with Gasteiger partial charge in [-0.15, -0.1) is 0 Å². The Balaban J connectivity index is 1.61. The van der Waals surface area contributed by atoms with Crippen LogP contribution in [0.1, 0.15) is 29.9 Å². The number of furan rings is 1. The van der Waals surface area contributed by atoms with Gasteiger partial charge in [-0.05, 0) is 38.1 Å². The molecular weight excluding hydrogens is 378 g/mol. The van der Waals surface area contributed by atoms with Crippen molar-refractivity contribution in [2.75, 3.05) is 18.9 Å². The normalized spacial score (nSPS) is 12.8. The summed E-state index contributed by atoms with van der Waals surface area (Å²) in [4.78, 5) is 26.7. The highest BCUT2D eigenvalue weighted by Crippen LogP contribution is 2.18. The minimum absolute atomic E-state index is 0.0123. The molecule has 3 aromatic rings. The van der Waals surface area contributed by atoms with E-state index >= 15 is 0 Å². The van der Waals surface area contributed by atoms with E-state index in [0.29, 0.717) is 5.69 Å². The third kappa shape index (κ3) is 5.58. The molecule has 0 fully saturated rings. The topological polar surface area (TPSA) is 79.2 Å². The zero-order valence-electron chi connectivity index (χ0n) is 17.5. The van der Waals surface area contributed by atoms with Gasteiger partial charge in [0.2, 0.25) is 5.91 Å². The van der Waals surface area contributed by atoms with Gasteiger partial charge in [-0.2, -0.15) is 0 Å². The van der Waals surface area contributed by atoms with Crippen LogP contribution in [-0.2, 0) is 9.59 Å². The van der Waals surface area contributed by atoms with E-state index in [1.54, 1.807) is 13.3 Å². The second-order valence-electron chi connectivity index (χ2n) is 7.49. The van der Waals surface area contributed by atoms with Crippen LogP contribution in [0.3, 0.4) is 0 Å². The van der Waals surface area contributed by atoms with E-state index in [1.807, 2.05) is 85.9 Å². The van der Waals surface area contributed by atoms with Gasteiger partial charge < -0.3 is 20.0 Å². The monoisotopic (exact) mass is 406 g/mol. The molecule has 0 aliphatic rings. The molecule has 3 rings (SSSR count). The molecule has 0 bridgehead atoms. The van der Waals surface area contributed by atoms with Crippen LogP contribution < -0.4 is 10.6 Å². The van der Waals surface area contributed by atoms with Crippen molar-refractivity contribution in [2.24, 2.45) is 0 Å². The molecule has 0 saturated carbocycles. The lowest BCUT2D eigenvalue weighted by Gasteiger charge is -2.23. The van der Waals surface area contributed by atoms with Crippen molar-refractivity contribution >= 4 is 17.5 Å². The molecule has 0 aliphatic heterocycles. The van der Waals surface area contributed by atoms with Crippen LogP contribution in [0.4, 0.5) is 5.69 Å². The number of quaternary nitrogens is 1. The van der Waals surface area contributed by atoms with Crippen LogP contribution in [-0.4, -0.2) is 36.3 Å². The fourth-order valence-electron chi connectivity index (χ4n) is 3.35. The number of benzene rings is 2. The van der Waals surface area contributed by atoms with E-state index in [1.165, 1.54) is 4.90 Å². The molecule has 0 spiro atoms. The van der Waals surface area contributed by atoms with Crippen molar-refractivity contribution in [3.05, 3.63) is 89.9 Å². The SMILES string of the molecule is Cc1ccc(NC(=O)CN(C)C(=O)[C@H](C)[NH2+][C@H](c2ccccc2)c2ccco2)cc1. The zero-order valence-corrected chi connectivity index (χ0v) is 17.5. The third-order valence-corrected chi connectivity index (χ3v) is 4.97. The molecule has 156 valence electrons. The lowest BCUT2D eigenvalue weighted by atomic mass is 10.0. The summed E-state index contributed by atoms with van der Waals surface area (Å²) < 4.78 is 5.61. The quantitative estimate of drug-likeness (QED) is 0.604. The van der Waals surface area contributed by atoms with E-state index in [4.69, 9.17) is 4.42 Å². The first kappa shape index (κ1) is 21.3. The number of carbonyl (C=O) groups is 2. The van der Waals surface area contributed by atoms with Crippen LogP contribution in [0.2, 0.25) is 0 Å². The Hall–Kier alpha value is -3.38. The molecule has 3 N–H and O–H groups in total. The minimum atomic E-state index is -0.391. The number of aryl methyl sites for hydroxylation is 1. The van der Waals surface area contributed by atoms with Crippen molar-refractivity contribution in [3.63, 3.8) is 0 Å². The van der Waals surface area contributed by atoms with Crippen molar-refractivity contribution in [2.45, 2.75) is 25.9 Å². The maximum Gasteiger partial charge on any atom is 0.280 e. The second-order valence-corrected chi connectivity index (χ2v) is 7.49. The fraction of sp³-hybridized carbons (Fsp3) is 0.250. The first-order valence-corrected chi connectivity index (χ1v) is 9.99. The van der Waals surface area contributed by atoms with Crippen LogP contribution in [0.25, 0.3) is 0 Å². The molecule has 6 nitrogen and oxygen atoms in total. The average molecular weight is 407 g/mol. The summed E-state index contributed by atoms with van der Waals surface area (Å²) in [5.41, 5.74) is 2.88. The van der Waals surface area contributed by atoms with Gasteiger partial charge in [-0.3, -0.25) is 9.59 Å². The standard InChI is InChI=1S/C24H27N3O3/c1-17-11-13-20(14-12-17)26-22(28)16-27(3)24(29)18(2)25-23(21-10-7-15-30-21)19-8-5-4-6-9-19/h4-15,18,23,25H,16H2,1-3H3,(H,26,28)/p+1/t18-,23+/m0/s1. The lowest BCUT2D eigenvalue weighted by molar-refractivity contribution is -0.707. The Labute approximate surface area is 176 Å². The Bertz CT molecular complexity index is 953. The molecular formula is C24H28N3O3+. The molecule has 2 amide bonds.